The summed E-state index contributed by atoms with van der Waals surface area (Å²) in [5.74, 6) is 0.398. The van der Waals surface area contributed by atoms with Crippen LogP contribution in [0, 0.1) is 0 Å². The summed E-state index contributed by atoms with van der Waals surface area (Å²) in [6.07, 6.45) is 0. The van der Waals surface area contributed by atoms with E-state index in [1.807, 2.05) is 12.1 Å². The molecule has 27 heavy (non-hydrogen) atoms. The zero-order chi connectivity index (χ0) is 19.7. The molecule has 2 aromatic rings. The van der Waals surface area contributed by atoms with E-state index < -0.39 is 15.9 Å². The number of carbonyl (C=O) groups excluding carboxylic acids is 1. The monoisotopic (exact) mass is 390 g/mol. The van der Waals surface area contributed by atoms with Crippen molar-refractivity contribution in [2.24, 2.45) is 0 Å². The second kappa shape index (κ2) is 7.21. The highest BCUT2D eigenvalue weighted by atomic mass is 32.2. The van der Waals surface area contributed by atoms with Gasteiger partial charge < -0.3 is 14.8 Å². The third-order valence-corrected chi connectivity index (χ3v) is 5.51. The molecule has 2 aromatic carbocycles. The topological polar surface area (TPSA) is 93.7 Å². The van der Waals surface area contributed by atoms with Gasteiger partial charge in [0.15, 0.2) is 11.5 Å². The lowest BCUT2D eigenvalue weighted by molar-refractivity contribution is -0.115. The van der Waals surface area contributed by atoms with Crippen molar-refractivity contribution in [1.82, 2.24) is 4.72 Å². The molecule has 0 radical (unpaired) electrons. The average Bonchev–Trinajstić information content (AvgIpc) is 3.07. The van der Waals surface area contributed by atoms with Crippen LogP contribution < -0.4 is 19.5 Å². The van der Waals surface area contributed by atoms with Crippen LogP contribution in [0.5, 0.6) is 11.5 Å². The number of amides is 1. The molecular formula is C19H22N2O5S. The number of hydrogen-bond donors (Lipinski definition) is 2. The number of sulfonamides is 1. The van der Waals surface area contributed by atoms with Gasteiger partial charge in [0.1, 0.15) is 0 Å². The normalized spacial score (nSPS) is 13.4. The number of hydrogen-bond acceptors (Lipinski definition) is 5. The number of rotatable bonds is 5. The SMILES string of the molecule is CC(C)(C)c1ccc(NC(=O)CNS(=O)(=O)c2ccc3c(c2)OCO3)cc1. The van der Waals surface area contributed by atoms with Crippen molar-refractivity contribution in [2.45, 2.75) is 31.1 Å². The fourth-order valence-corrected chi connectivity index (χ4v) is 3.54. The Morgan fingerprint density at radius 2 is 1.70 bits per heavy atom. The maximum atomic E-state index is 12.4. The molecule has 0 aromatic heterocycles. The second-order valence-electron chi connectivity index (χ2n) is 7.22. The Morgan fingerprint density at radius 3 is 2.37 bits per heavy atom. The molecule has 1 aliphatic heterocycles. The highest BCUT2D eigenvalue weighted by Gasteiger charge is 2.21. The van der Waals surface area contributed by atoms with Gasteiger partial charge in [-0.3, -0.25) is 4.79 Å². The Morgan fingerprint density at radius 1 is 1.04 bits per heavy atom. The van der Waals surface area contributed by atoms with E-state index in [2.05, 4.69) is 30.8 Å². The Labute approximate surface area is 158 Å². The molecule has 144 valence electrons. The molecule has 0 saturated heterocycles. The summed E-state index contributed by atoms with van der Waals surface area (Å²) in [5.41, 5.74) is 1.77. The van der Waals surface area contributed by atoms with E-state index in [1.165, 1.54) is 18.2 Å². The standard InChI is InChI=1S/C19H22N2O5S/c1-19(2,3)13-4-6-14(7-5-13)21-18(22)11-20-27(23,24)15-8-9-16-17(10-15)26-12-25-16/h4-10,20H,11-12H2,1-3H3,(H,21,22). The van der Waals surface area contributed by atoms with Crippen LogP contribution in [0.15, 0.2) is 47.4 Å². The number of anilines is 1. The smallest absolute Gasteiger partial charge is 0.241 e. The Kier molecular flexibility index (Phi) is 5.12. The van der Waals surface area contributed by atoms with Crippen LogP contribution in [0.1, 0.15) is 26.3 Å². The van der Waals surface area contributed by atoms with E-state index in [9.17, 15) is 13.2 Å². The lowest BCUT2D eigenvalue weighted by atomic mass is 9.87. The largest absolute Gasteiger partial charge is 0.454 e. The summed E-state index contributed by atoms with van der Waals surface area (Å²) < 4.78 is 37.3. The summed E-state index contributed by atoms with van der Waals surface area (Å²) in [6.45, 7) is 5.99. The summed E-state index contributed by atoms with van der Waals surface area (Å²) in [4.78, 5) is 12.1. The number of carbonyl (C=O) groups is 1. The first-order valence-corrected chi connectivity index (χ1v) is 9.93. The molecule has 0 aliphatic carbocycles. The quantitative estimate of drug-likeness (QED) is 0.819. The van der Waals surface area contributed by atoms with Gasteiger partial charge in [-0.25, -0.2) is 13.1 Å². The molecule has 1 amide bonds. The average molecular weight is 390 g/mol. The van der Waals surface area contributed by atoms with E-state index in [0.29, 0.717) is 17.2 Å². The van der Waals surface area contributed by atoms with Gasteiger partial charge in [-0.15, -0.1) is 0 Å². The van der Waals surface area contributed by atoms with Gasteiger partial charge in [0, 0.05) is 11.8 Å². The predicted molar refractivity (Wildman–Crippen MR) is 102 cm³/mol. The molecule has 3 rings (SSSR count). The molecule has 0 fully saturated rings. The summed E-state index contributed by atoms with van der Waals surface area (Å²) in [6, 6.07) is 11.8. The Balaban J connectivity index is 1.60. The van der Waals surface area contributed by atoms with Gasteiger partial charge in [0.05, 0.1) is 11.4 Å². The fourth-order valence-electron chi connectivity index (χ4n) is 2.55. The summed E-state index contributed by atoms with van der Waals surface area (Å²) in [7, 11) is -3.84. The maximum Gasteiger partial charge on any atom is 0.241 e. The van der Waals surface area contributed by atoms with Crippen LogP contribution in [0.25, 0.3) is 0 Å². The number of ether oxygens (including phenoxy) is 2. The number of nitrogens with one attached hydrogen (secondary N) is 2. The van der Waals surface area contributed by atoms with Gasteiger partial charge in [-0.2, -0.15) is 0 Å². The van der Waals surface area contributed by atoms with E-state index in [0.717, 1.165) is 5.56 Å². The van der Waals surface area contributed by atoms with Crippen molar-refractivity contribution in [3.05, 3.63) is 48.0 Å². The van der Waals surface area contributed by atoms with Crippen LogP contribution in [0.3, 0.4) is 0 Å². The third-order valence-electron chi connectivity index (χ3n) is 4.11. The van der Waals surface area contributed by atoms with Crippen molar-refractivity contribution in [3.63, 3.8) is 0 Å². The van der Waals surface area contributed by atoms with E-state index in [1.54, 1.807) is 12.1 Å². The highest BCUT2D eigenvalue weighted by molar-refractivity contribution is 7.89. The fraction of sp³-hybridized carbons (Fsp3) is 0.316. The molecule has 0 unspecified atom stereocenters. The molecule has 0 saturated carbocycles. The van der Waals surface area contributed by atoms with Crippen LogP contribution in [0.4, 0.5) is 5.69 Å². The summed E-state index contributed by atoms with van der Waals surface area (Å²) >= 11 is 0. The minimum absolute atomic E-state index is 0.00841. The van der Waals surface area contributed by atoms with Gasteiger partial charge in [-0.1, -0.05) is 32.9 Å². The number of benzene rings is 2. The van der Waals surface area contributed by atoms with Crippen molar-refractivity contribution in [3.8, 4) is 11.5 Å². The molecule has 7 nitrogen and oxygen atoms in total. The molecule has 0 spiro atoms. The van der Waals surface area contributed by atoms with Crippen molar-refractivity contribution < 1.29 is 22.7 Å². The minimum Gasteiger partial charge on any atom is -0.454 e. The van der Waals surface area contributed by atoms with Gasteiger partial charge in [0.25, 0.3) is 0 Å². The predicted octanol–water partition coefficient (Wildman–Crippen LogP) is 2.63. The molecule has 8 heteroatoms. The van der Waals surface area contributed by atoms with E-state index >= 15 is 0 Å². The Bertz CT molecular complexity index is 947. The zero-order valence-corrected chi connectivity index (χ0v) is 16.2. The van der Waals surface area contributed by atoms with Crippen LogP contribution in [-0.2, 0) is 20.2 Å². The van der Waals surface area contributed by atoms with Gasteiger partial charge in [0.2, 0.25) is 22.7 Å². The minimum atomic E-state index is -3.84. The van der Waals surface area contributed by atoms with Crippen LogP contribution in [-0.4, -0.2) is 27.7 Å². The van der Waals surface area contributed by atoms with Gasteiger partial charge >= 0.3 is 0 Å². The number of fused-ring (bicyclic) bond motifs is 1. The van der Waals surface area contributed by atoms with E-state index in [-0.39, 0.29) is 23.6 Å². The van der Waals surface area contributed by atoms with Crippen LogP contribution in [0.2, 0.25) is 0 Å². The first-order chi connectivity index (χ1) is 12.6. The van der Waals surface area contributed by atoms with Crippen molar-refractivity contribution in [1.29, 1.82) is 0 Å². The molecule has 2 N–H and O–H groups in total. The highest BCUT2D eigenvalue weighted by Crippen LogP contribution is 2.33. The first-order valence-electron chi connectivity index (χ1n) is 8.45. The van der Waals surface area contributed by atoms with Gasteiger partial charge in [-0.05, 0) is 35.2 Å². The summed E-state index contributed by atoms with van der Waals surface area (Å²) in [5, 5.41) is 2.68. The molecule has 0 bridgehead atoms. The first kappa shape index (κ1) is 19.2. The van der Waals surface area contributed by atoms with Crippen LogP contribution >= 0.6 is 0 Å². The maximum absolute atomic E-state index is 12.4. The second-order valence-corrected chi connectivity index (χ2v) is 8.98. The molecule has 1 aliphatic rings. The molecule has 0 atom stereocenters. The lowest BCUT2D eigenvalue weighted by Gasteiger charge is -2.19. The van der Waals surface area contributed by atoms with Crippen molar-refractivity contribution in [2.75, 3.05) is 18.7 Å². The lowest BCUT2D eigenvalue weighted by Crippen LogP contribution is -2.32. The van der Waals surface area contributed by atoms with Crippen molar-refractivity contribution >= 4 is 21.6 Å². The van der Waals surface area contributed by atoms with E-state index in [4.69, 9.17) is 9.47 Å². The molecular weight excluding hydrogens is 368 g/mol. The Hall–Kier alpha value is -2.58. The third kappa shape index (κ3) is 4.58. The zero-order valence-electron chi connectivity index (χ0n) is 15.4. The molecule has 1 heterocycles.